The Morgan fingerprint density at radius 2 is 1.52 bits per heavy atom. The molecule has 1 aliphatic rings. The Hall–Kier alpha value is -2.51. The number of primary sulfonamides is 1. The highest BCUT2D eigenvalue weighted by atomic mass is 32.2. The van der Waals surface area contributed by atoms with Crippen molar-refractivity contribution < 1.29 is 18.0 Å². The average Bonchev–Trinajstić information content (AvgIpc) is 2.82. The molecule has 2 aromatic carbocycles. The monoisotopic (exact) mass is 386 g/mol. The number of sulfonamides is 1. The lowest BCUT2D eigenvalue weighted by atomic mass is 9.85. The fraction of sp³-hybridized carbons (Fsp3) is 0.300. The first-order chi connectivity index (χ1) is 12.5. The van der Waals surface area contributed by atoms with Crippen LogP contribution in [-0.2, 0) is 21.9 Å². The van der Waals surface area contributed by atoms with E-state index in [1.54, 1.807) is 24.3 Å². The molecule has 3 rings (SSSR count). The molecule has 2 aromatic rings. The molecule has 142 valence electrons. The first-order valence-corrected chi connectivity index (χ1v) is 10.2. The summed E-state index contributed by atoms with van der Waals surface area (Å²) in [5, 5.41) is 5.08. The molecule has 0 saturated heterocycles. The van der Waals surface area contributed by atoms with E-state index in [4.69, 9.17) is 5.14 Å². The number of amides is 2. The Morgan fingerprint density at radius 3 is 2.07 bits per heavy atom. The third kappa shape index (κ3) is 3.79. The summed E-state index contributed by atoms with van der Waals surface area (Å²) in [7, 11) is -3.74. The summed E-state index contributed by atoms with van der Waals surface area (Å²) in [6.07, 6.45) is 0.433. The second-order valence-electron chi connectivity index (χ2n) is 7.71. The van der Waals surface area contributed by atoms with Crippen molar-refractivity contribution in [2.75, 3.05) is 6.54 Å². The van der Waals surface area contributed by atoms with Gasteiger partial charge in [0.15, 0.2) is 0 Å². The van der Waals surface area contributed by atoms with Gasteiger partial charge in [0, 0.05) is 6.54 Å². The summed E-state index contributed by atoms with van der Waals surface area (Å²) in [5.41, 5.74) is 2.57. The molecule has 0 radical (unpaired) electrons. The molecular weight excluding hydrogens is 364 g/mol. The molecule has 6 nitrogen and oxygen atoms in total. The predicted octanol–water partition coefficient (Wildman–Crippen LogP) is 2.47. The van der Waals surface area contributed by atoms with Crippen LogP contribution in [0, 0.1) is 0 Å². The summed E-state index contributed by atoms with van der Waals surface area (Å²) < 4.78 is 22.6. The highest BCUT2D eigenvalue weighted by Gasteiger charge is 2.35. The number of benzene rings is 2. The van der Waals surface area contributed by atoms with Gasteiger partial charge in [0.1, 0.15) is 0 Å². The smallest absolute Gasteiger partial charge is 0.261 e. The Balaban J connectivity index is 1.77. The van der Waals surface area contributed by atoms with Gasteiger partial charge < -0.3 is 0 Å². The molecular formula is C20H22N2O4S. The van der Waals surface area contributed by atoms with Gasteiger partial charge >= 0.3 is 0 Å². The van der Waals surface area contributed by atoms with Crippen LogP contribution in [0.3, 0.4) is 0 Å². The highest BCUT2D eigenvalue weighted by Crippen LogP contribution is 2.29. The zero-order valence-corrected chi connectivity index (χ0v) is 16.3. The molecule has 0 fully saturated rings. The van der Waals surface area contributed by atoms with Crippen LogP contribution >= 0.6 is 0 Å². The Kier molecular flexibility index (Phi) is 4.69. The number of hydrogen-bond acceptors (Lipinski definition) is 4. The summed E-state index contributed by atoms with van der Waals surface area (Å²) in [6.45, 7) is 6.39. The van der Waals surface area contributed by atoms with Crippen molar-refractivity contribution in [3.8, 4) is 0 Å². The number of imide groups is 1. The van der Waals surface area contributed by atoms with Gasteiger partial charge in [-0.15, -0.1) is 0 Å². The molecule has 0 unspecified atom stereocenters. The molecule has 2 amide bonds. The van der Waals surface area contributed by atoms with Crippen LogP contribution in [0.2, 0.25) is 0 Å². The van der Waals surface area contributed by atoms with Gasteiger partial charge in [-0.2, -0.15) is 0 Å². The number of rotatable bonds is 4. The largest absolute Gasteiger partial charge is 0.274 e. The average molecular weight is 386 g/mol. The maximum Gasteiger partial charge on any atom is 0.261 e. The quantitative estimate of drug-likeness (QED) is 0.816. The fourth-order valence-electron chi connectivity index (χ4n) is 3.05. The van der Waals surface area contributed by atoms with Gasteiger partial charge in [-0.3, -0.25) is 14.5 Å². The van der Waals surface area contributed by atoms with E-state index < -0.39 is 10.0 Å². The van der Waals surface area contributed by atoms with Crippen LogP contribution < -0.4 is 5.14 Å². The van der Waals surface area contributed by atoms with Crippen molar-refractivity contribution in [2.24, 2.45) is 5.14 Å². The van der Waals surface area contributed by atoms with E-state index in [1.165, 1.54) is 17.0 Å². The minimum absolute atomic E-state index is 0.0293. The molecule has 1 aliphatic heterocycles. The van der Waals surface area contributed by atoms with Crippen molar-refractivity contribution >= 4 is 21.8 Å². The van der Waals surface area contributed by atoms with Crippen LogP contribution in [0.25, 0.3) is 0 Å². The van der Waals surface area contributed by atoms with E-state index >= 15 is 0 Å². The van der Waals surface area contributed by atoms with E-state index in [1.807, 2.05) is 6.07 Å². The van der Waals surface area contributed by atoms with Gasteiger partial charge in [0.25, 0.3) is 11.8 Å². The van der Waals surface area contributed by atoms with Crippen molar-refractivity contribution in [1.29, 1.82) is 0 Å². The first kappa shape index (κ1) is 19.3. The molecule has 1 heterocycles. The van der Waals surface area contributed by atoms with E-state index in [9.17, 15) is 18.0 Å². The van der Waals surface area contributed by atoms with Gasteiger partial charge in [-0.05, 0) is 47.2 Å². The lowest BCUT2D eigenvalue weighted by Gasteiger charge is -2.19. The van der Waals surface area contributed by atoms with Gasteiger partial charge in [-0.25, -0.2) is 13.6 Å². The van der Waals surface area contributed by atoms with Gasteiger partial charge in [0.05, 0.1) is 16.0 Å². The number of nitrogens with two attached hydrogens (primary N) is 1. The molecule has 7 heteroatoms. The summed E-state index contributed by atoms with van der Waals surface area (Å²) >= 11 is 0. The predicted molar refractivity (Wildman–Crippen MR) is 102 cm³/mol. The Bertz CT molecular complexity index is 1020. The van der Waals surface area contributed by atoms with Crippen molar-refractivity contribution in [3.05, 3.63) is 64.7 Å². The minimum Gasteiger partial charge on any atom is -0.274 e. The van der Waals surface area contributed by atoms with Crippen molar-refractivity contribution in [1.82, 2.24) is 4.90 Å². The normalized spacial score (nSPS) is 14.6. The van der Waals surface area contributed by atoms with Crippen LogP contribution in [-0.4, -0.2) is 31.7 Å². The summed E-state index contributed by atoms with van der Waals surface area (Å²) in [4.78, 5) is 26.6. The van der Waals surface area contributed by atoms with Crippen LogP contribution in [0.4, 0.5) is 0 Å². The third-order valence-electron chi connectivity index (χ3n) is 4.71. The minimum atomic E-state index is -3.74. The highest BCUT2D eigenvalue weighted by molar-refractivity contribution is 7.89. The molecule has 0 aliphatic carbocycles. The third-order valence-corrected chi connectivity index (χ3v) is 5.64. The molecule has 0 atom stereocenters. The number of carbonyl (C=O) groups is 2. The van der Waals surface area contributed by atoms with E-state index in [0.29, 0.717) is 17.5 Å². The summed E-state index contributed by atoms with van der Waals surface area (Å²) in [5.74, 6) is -0.584. The number of nitrogens with zero attached hydrogens (tertiary/aromatic N) is 1. The lowest BCUT2D eigenvalue weighted by Crippen LogP contribution is -2.31. The standard InChI is InChI=1S/C20H22N2O4S/c1-20(2,3)14-6-9-16-17(12-14)19(24)22(18(16)23)11-10-13-4-7-15(8-5-13)27(21,25)26/h4-9,12H,10-11H2,1-3H3,(H2,21,25,26). The van der Waals surface area contributed by atoms with E-state index in [-0.39, 0.29) is 28.7 Å². The van der Waals surface area contributed by atoms with Crippen LogP contribution in [0.1, 0.15) is 52.6 Å². The van der Waals surface area contributed by atoms with Crippen molar-refractivity contribution in [3.63, 3.8) is 0 Å². The number of hydrogen-bond donors (Lipinski definition) is 1. The van der Waals surface area contributed by atoms with Gasteiger partial charge in [-0.1, -0.05) is 39.0 Å². The molecule has 0 aromatic heterocycles. The van der Waals surface area contributed by atoms with E-state index in [2.05, 4.69) is 20.8 Å². The second kappa shape index (κ2) is 6.58. The number of carbonyl (C=O) groups excluding carboxylic acids is 2. The maximum atomic E-state index is 12.7. The fourth-order valence-corrected chi connectivity index (χ4v) is 3.56. The second-order valence-corrected chi connectivity index (χ2v) is 9.27. The number of fused-ring (bicyclic) bond motifs is 1. The molecule has 27 heavy (non-hydrogen) atoms. The molecule has 2 N–H and O–H groups in total. The molecule has 0 bridgehead atoms. The van der Waals surface area contributed by atoms with E-state index in [0.717, 1.165) is 11.1 Å². The zero-order chi connectivity index (χ0) is 20.0. The Morgan fingerprint density at radius 1 is 0.926 bits per heavy atom. The van der Waals surface area contributed by atoms with Crippen LogP contribution in [0.5, 0.6) is 0 Å². The lowest BCUT2D eigenvalue weighted by molar-refractivity contribution is 0.0656. The zero-order valence-electron chi connectivity index (χ0n) is 15.5. The van der Waals surface area contributed by atoms with Crippen LogP contribution in [0.15, 0.2) is 47.4 Å². The maximum absolute atomic E-state index is 12.7. The van der Waals surface area contributed by atoms with Crippen molar-refractivity contribution in [2.45, 2.75) is 37.5 Å². The summed E-state index contributed by atoms with van der Waals surface area (Å²) in [6, 6.07) is 11.5. The molecule has 0 spiro atoms. The first-order valence-electron chi connectivity index (χ1n) is 8.61. The SMILES string of the molecule is CC(C)(C)c1ccc2c(c1)C(=O)N(CCc1ccc(S(N)(=O)=O)cc1)C2=O. The van der Waals surface area contributed by atoms with Gasteiger partial charge in [0.2, 0.25) is 10.0 Å². The molecule has 0 saturated carbocycles. The Labute approximate surface area is 159 Å². The topological polar surface area (TPSA) is 97.5 Å².